The predicted octanol–water partition coefficient (Wildman–Crippen LogP) is 3.84. The van der Waals surface area contributed by atoms with E-state index in [0.717, 1.165) is 15.8 Å². The summed E-state index contributed by atoms with van der Waals surface area (Å²) in [5.41, 5.74) is 0.630. The maximum Gasteiger partial charge on any atom is 0.183 e. The molecule has 0 aliphatic rings. The molecule has 2 aromatic rings. The monoisotopic (exact) mass is 318 g/mol. The summed E-state index contributed by atoms with van der Waals surface area (Å²) in [5, 5.41) is 5.74. The molecule has 17 heavy (non-hydrogen) atoms. The number of benzene rings is 1. The number of hydrogen-bond donors (Lipinski definition) is 1. The largest absolute Gasteiger partial charge is 0.361 e. The summed E-state index contributed by atoms with van der Waals surface area (Å²) in [6.45, 7) is 0.586. The van der Waals surface area contributed by atoms with E-state index in [1.807, 2.05) is 5.38 Å². The predicted molar refractivity (Wildman–Crippen MR) is 68.4 cm³/mol. The van der Waals surface area contributed by atoms with Gasteiger partial charge in [0.25, 0.3) is 0 Å². The van der Waals surface area contributed by atoms with Crippen LogP contribution in [-0.2, 0) is 6.42 Å². The molecule has 90 valence electrons. The van der Waals surface area contributed by atoms with Crippen molar-refractivity contribution in [1.82, 2.24) is 4.98 Å². The van der Waals surface area contributed by atoms with Gasteiger partial charge in [0, 0.05) is 18.0 Å². The molecule has 0 fully saturated rings. The Morgan fingerprint density at radius 3 is 2.53 bits per heavy atom. The molecular weight excluding hydrogens is 310 g/mol. The first-order valence-electron chi connectivity index (χ1n) is 4.93. The molecule has 0 amide bonds. The highest BCUT2D eigenvalue weighted by Gasteiger charge is 2.02. The zero-order valence-electron chi connectivity index (χ0n) is 8.71. The zero-order valence-corrected chi connectivity index (χ0v) is 11.1. The summed E-state index contributed by atoms with van der Waals surface area (Å²) in [7, 11) is 0. The number of halogens is 3. The first-order valence-corrected chi connectivity index (χ1v) is 6.60. The normalized spacial score (nSPS) is 10.5. The van der Waals surface area contributed by atoms with Gasteiger partial charge in [-0.15, -0.1) is 11.3 Å². The van der Waals surface area contributed by atoms with E-state index >= 15 is 0 Å². The van der Waals surface area contributed by atoms with Crippen molar-refractivity contribution in [3.8, 4) is 0 Å². The molecule has 0 atom stereocenters. The average molecular weight is 319 g/mol. The van der Waals surface area contributed by atoms with E-state index in [9.17, 15) is 8.78 Å². The standard InChI is InChI=1S/C11H9BrF2N2S/c12-10-6-17-11(16-10)15-2-1-7-3-8(13)5-9(14)4-7/h3-6H,1-2H2,(H,15,16). The van der Waals surface area contributed by atoms with Crippen LogP contribution in [0, 0.1) is 11.6 Å². The fourth-order valence-corrected chi connectivity index (χ4v) is 2.58. The summed E-state index contributed by atoms with van der Waals surface area (Å²) in [6.07, 6.45) is 0.547. The van der Waals surface area contributed by atoms with Crippen molar-refractivity contribution in [3.05, 3.63) is 45.4 Å². The van der Waals surface area contributed by atoms with Crippen LogP contribution in [0.4, 0.5) is 13.9 Å². The fourth-order valence-electron chi connectivity index (χ4n) is 1.40. The number of nitrogens with zero attached hydrogens (tertiary/aromatic N) is 1. The highest BCUT2D eigenvalue weighted by Crippen LogP contribution is 2.19. The molecular formula is C11H9BrF2N2S. The van der Waals surface area contributed by atoms with Crippen molar-refractivity contribution in [2.45, 2.75) is 6.42 Å². The van der Waals surface area contributed by atoms with Gasteiger partial charge >= 0.3 is 0 Å². The molecule has 0 aliphatic heterocycles. The van der Waals surface area contributed by atoms with Crippen molar-refractivity contribution in [2.75, 3.05) is 11.9 Å². The smallest absolute Gasteiger partial charge is 0.183 e. The molecule has 2 rings (SSSR count). The van der Waals surface area contributed by atoms with E-state index in [-0.39, 0.29) is 0 Å². The molecule has 0 bridgehead atoms. The molecule has 0 saturated heterocycles. The zero-order chi connectivity index (χ0) is 12.3. The number of anilines is 1. The molecule has 0 radical (unpaired) electrons. The third kappa shape index (κ3) is 3.74. The molecule has 0 saturated carbocycles. The molecule has 1 aromatic carbocycles. The Kier molecular flexibility index (Phi) is 4.06. The lowest BCUT2D eigenvalue weighted by atomic mass is 10.1. The van der Waals surface area contributed by atoms with Gasteiger partial charge < -0.3 is 5.32 Å². The van der Waals surface area contributed by atoms with Gasteiger partial charge in [0.2, 0.25) is 0 Å². The van der Waals surface area contributed by atoms with Crippen LogP contribution in [0.2, 0.25) is 0 Å². The number of aromatic nitrogens is 1. The fraction of sp³-hybridized carbons (Fsp3) is 0.182. The Labute approximate surface area is 110 Å². The Hall–Kier alpha value is -1.01. The first-order chi connectivity index (χ1) is 8.13. The van der Waals surface area contributed by atoms with Crippen molar-refractivity contribution in [2.24, 2.45) is 0 Å². The van der Waals surface area contributed by atoms with Gasteiger partial charge in [0.15, 0.2) is 5.13 Å². The van der Waals surface area contributed by atoms with Gasteiger partial charge in [-0.05, 0) is 40.0 Å². The van der Waals surface area contributed by atoms with Gasteiger partial charge in [-0.1, -0.05) is 0 Å². The summed E-state index contributed by atoms with van der Waals surface area (Å²) < 4.78 is 26.6. The van der Waals surface area contributed by atoms with E-state index < -0.39 is 11.6 Å². The van der Waals surface area contributed by atoms with Crippen molar-refractivity contribution in [3.63, 3.8) is 0 Å². The number of nitrogens with one attached hydrogen (secondary N) is 1. The van der Waals surface area contributed by atoms with Crippen LogP contribution in [0.25, 0.3) is 0 Å². The molecule has 1 N–H and O–H groups in total. The third-order valence-corrected chi connectivity index (χ3v) is 3.60. The number of rotatable bonds is 4. The van der Waals surface area contributed by atoms with E-state index in [2.05, 4.69) is 26.2 Å². The van der Waals surface area contributed by atoms with Crippen molar-refractivity contribution in [1.29, 1.82) is 0 Å². The third-order valence-electron chi connectivity index (χ3n) is 2.09. The maximum atomic E-state index is 12.9. The topological polar surface area (TPSA) is 24.9 Å². The lowest BCUT2D eigenvalue weighted by molar-refractivity contribution is 0.580. The highest BCUT2D eigenvalue weighted by molar-refractivity contribution is 9.10. The van der Waals surface area contributed by atoms with E-state index in [1.54, 1.807) is 0 Å². The first kappa shape index (κ1) is 12.4. The second-order valence-electron chi connectivity index (χ2n) is 3.43. The molecule has 0 unspecified atom stereocenters. The van der Waals surface area contributed by atoms with Crippen LogP contribution >= 0.6 is 27.3 Å². The van der Waals surface area contributed by atoms with Gasteiger partial charge in [0.05, 0.1) is 0 Å². The van der Waals surface area contributed by atoms with Crippen molar-refractivity contribution >= 4 is 32.4 Å². The van der Waals surface area contributed by atoms with Crippen LogP contribution in [0.1, 0.15) is 5.56 Å². The summed E-state index contributed by atoms with van der Waals surface area (Å²) >= 11 is 4.72. The number of thiazole rings is 1. The quantitative estimate of drug-likeness (QED) is 0.926. The Balaban J connectivity index is 1.89. The van der Waals surface area contributed by atoms with Crippen LogP contribution in [0.3, 0.4) is 0 Å². The molecule has 1 aromatic heterocycles. The van der Waals surface area contributed by atoms with Crippen LogP contribution in [0.15, 0.2) is 28.2 Å². The molecule has 0 aliphatic carbocycles. The molecule has 0 spiro atoms. The van der Waals surface area contributed by atoms with Crippen LogP contribution < -0.4 is 5.32 Å². The molecule has 1 heterocycles. The van der Waals surface area contributed by atoms with Gasteiger partial charge in [0.1, 0.15) is 16.2 Å². The molecule has 2 nitrogen and oxygen atoms in total. The Bertz CT molecular complexity index is 496. The second-order valence-corrected chi connectivity index (χ2v) is 5.10. The van der Waals surface area contributed by atoms with Crippen LogP contribution in [0.5, 0.6) is 0 Å². The second kappa shape index (κ2) is 5.55. The SMILES string of the molecule is Fc1cc(F)cc(CCNc2nc(Br)cs2)c1. The van der Waals surface area contributed by atoms with Gasteiger partial charge in [-0.25, -0.2) is 13.8 Å². The van der Waals surface area contributed by atoms with Crippen molar-refractivity contribution < 1.29 is 8.78 Å². The summed E-state index contributed by atoms with van der Waals surface area (Å²) in [6, 6.07) is 3.54. The Morgan fingerprint density at radius 2 is 1.94 bits per heavy atom. The lowest BCUT2D eigenvalue weighted by Gasteiger charge is -2.03. The molecule has 6 heteroatoms. The van der Waals surface area contributed by atoms with Gasteiger partial charge in [-0.2, -0.15) is 0 Å². The minimum absolute atomic E-state index is 0.544. The minimum Gasteiger partial charge on any atom is -0.361 e. The maximum absolute atomic E-state index is 12.9. The Morgan fingerprint density at radius 1 is 1.24 bits per heavy atom. The summed E-state index contributed by atoms with van der Waals surface area (Å²) in [5.74, 6) is -1.09. The van der Waals surface area contributed by atoms with E-state index in [0.29, 0.717) is 18.5 Å². The number of hydrogen-bond acceptors (Lipinski definition) is 3. The lowest BCUT2D eigenvalue weighted by Crippen LogP contribution is -2.05. The van der Waals surface area contributed by atoms with E-state index in [4.69, 9.17) is 0 Å². The van der Waals surface area contributed by atoms with Crippen LogP contribution in [-0.4, -0.2) is 11.5 Å². The van der Waals surface area contributed by atoms with Gasteiger partial charge in [-0.3, -0.25) is 0 Å². The average Bonchev–Trinajstić information content (AvgIpc) is 2.63. The highest BCUT2D eigenvalue weighted by atomic mass is 79.9. The minimum atomic E-state index is -0.544. The van der Waals surface area contributed by atoms with E-state index in [1.165, 1.54) is 23.5 Å². The summed E-state index contributed by atoms with van der Waals surface area (Å²) in [4.78, 5) is 4.15.